The summed E-state index contributed by atoms with van der Waals surface area (Å²) in [4.78, 5) is 67.2. The minimum absolute atomic E-state index is 0.0362. The second kappa shape index (κ2) is 9.80. The monoisotopic (exact) mass is 489 g/mol. The van der Waals surface area contributed by atoms with Crippen LogP contribution in [0.5, 0.6) is 0 Å². The first kappa shape index (κ1) is 23.5. The zero-order chi connectivity index (χ0) is 25.2. The van der Waals surface area contributed by atoms with Crippen LogP contribution in [0.4, 0.5) is 5.69 Å². The minimum Gasteiger partial charge on any atom is -0.376 e. The molecule has 1 unspecified atom stereocenters. The van der Waals surface area contributed by atoms with Gasteiger partial charge in [-0.15, -0.1) is 0 Å². The first-order valence-corrected chi connectivity index (χ1v) is 12.0. The lowest BCUT2D eigenvalue weighted by Crippen LogP contribution is -2.52. The Morgan fingerprint density at radius 2 is 1.64 bits per heavy atom. The van der Waals surface area contributed by atoms with Gasteiger partial charge in [0.15, 0.2) is 0 Å². The summed E-state index contributed by atoms with van der Waals surface area (Å²) in [5.74, 6) is -1.17. The van der Waals surface area contributed by atoms with Gasteiger partial charge in [0.25, 0.3) is 11.8 Å². The molecule has 0 spiro atoms. The molecule has 36 heavy (non-hydrogen) atoms. The summed E-state index contributed by atoms with van der Waals surface area (Å²) < 4.78 is 0. The van der Waals surface area contributed by atoms with Gasteiger partial charge in [-0.2, -0.15) is 0 Å². The predicted molar refractivity (Wildman–Crippen MR) is 130 cm³/mol. The Morgan fingerprint density at radius 1 is 0.917 bits per heavy atom. The average molecular weight is 490 g/mol. The lowest BCUT2D eigenvalue weighted by Gasteiger charge is -2.35. The number of hydrogen-bond acceptors (Lipinski definition) is 6. The van der Waals surface area contributed by atoms with E-state index in [2.05, 4.69) is 10.6 Å². The van der Waals surface area contributed by atoms with Gasteiger partial charge in [0.1, 0.15) is 6.04 Å². The van der Waals surface area contributed by atoms with E-state index in [4.69, 9.17) is 0 Å². The quantitative estimate of drug-likeness (QED) is 0.601. The van der Waals surface area contributed by atoms with E-state index in [1.807, 2.05) is 24.3 Å². The molecule has 2 aromatic carbocycles. The van der Waals surface area contributed by atoms with Crippen LogP contribution in [0.1, 0.15) is 39.1 Å². The maximum atomic E-state index is 13.0. The van der Waals surface area contributed by atoms with Crippen LogP contribution in [-0.4, -0.2) is 83.0 Å². The Balaban J connectivity index is 1.18. The van der Waals surface area contributed by atoms with E-state index in [0.29, 0.717) is 49.4 Å². The third kappa shape index (κ3) is 4.53. The van der Waals surface area contributed by atoms with Crippen molar-refractivity contribution < 1.29 is 24.0 Å². The number of imide groups is 1. The number of nitrogens with one attached hydrogen (secondary N) is 2. The number of nitrogens with zero attached hydrogens (tertiary/aromatic N) is 3. The van der Waals surface area contributed by atoms with Gasteiger partial charge < -0.3 is 20.0 Å². The lowest BCUT2D eigenvalue weighted by molar-refractivity contribution is -0.137. The molecule has 0 aromatic heterocycles. The SMILES string of the molecule is O=C1CCC(N2Cc3c(NCC(=O)N4CCN(C(=O)c5ccccc5)CC4)cccc3C2=O)C(=O)N1. The summed E-state index contributed by atoms with van der Waals surface area (Å²) in [5, 5.41) is 5.46. The first-order valence-electron chi connectivity index (χ1n) is 12.0. The number of fused-ring (bicyclic) bond motifs is 1. The van der Waals surface area contributed by atoms with Crippen LogP contribution < -0.4 is 10.6 Å². The second-order valence-corrected chi connectivity index (χ2v) is 9.12. The summed E-state index contributed by atoms with van der Waals surface area (Å²) in [7, 11) is 0. The molecule has 3 aliphatic heterocycles. The van der Waals surface area contributed by atoms with Crippen LogP contribution in [0.3, 0.4) is 0 Å². The number of amides is 5. The van der Waals surface area contributed by atoms with Gasteiger partial charge >= 0.3 is 0 Å². The molecule has 186 valence electrons. The molecule has 0 saturated carbocycles. The van der Waals surface area contributed by atoms with E-state index in [0.717, 1.165) is 5.56 Å². The Hall–Kier alpha value is -4.21. The fourth-order valence-corrected chi connectivity index (χ4v) is 4.96. The molecular formula is C26H27N5O5. The third-order valence-corrected chi connectivity index (χ3v) is 6.95. The summed E-state index contributed by atoms with van der Waals surface area (Å²) in [6, 6.07) is 13.7. The highest BCUT2D eigenvalue weighted by Gasteiger charge is 2.40. The zero-order valence-corrected chi connectivity index (χ0v) is 19.7. The molecular weight excluding hydrogens is 462 g/mol. The molecule has 3 heterocycles. The van der Waals surface area contributed by atoms with E-state index >= 15 is 0 Å². The summed E-state index contributed by atoms with van der Waals surface area (Å²) >= 11 is 0. The highest BCUT2D eigenvalue weighted by atomic mass is 16.2. The van der Waals surface area contributed by atoms with Gasteiger partial charge in [-0.1, -0.05) is 24.3 Å². The molecule has 5 amide bonds. The van der Waals surface area contributed by atoms with Crippen LogP contribution in [0.2, 0.25) is 0 Å². The molecule has 2 N–H and O–H groups in total. The third-order valence-electron chi connectivity index (χ3n) is 6.95. The smallest absolute Gasteiger partial charge is 0.255 e. The Kier molecular flexibility index (Phi) is 6.41. The van der Waals surface area contributed by atoms with Gasteiger partial charge in [-0.05, 0) is 30.7 Å². The molecule has 2 fully saturated rings. The molecule has 5 rings (SSSR count). The fraction of sp³-hybridized carbons (Fsp3) is 0.346. The predicted octanol–water partition coefficient (Wildman–Crippen LogP) is 0.844. The number of rotatable bonds is 5. The highest BCUT2D eigenvalue weighted by molar-refractivity contribution is 6.06. The van der Waals surface area contributed by atoms with Crippen molar-refractivity contribution in [1.82, 2.24) is 20.0 Å². The van der Waals surface area contributed by atoms with E-state index in [1.54, 1.807) is 34.1 Å². The first-order chi connectivity index (χ1) is 17.4. The molecule has 3 aliphatic rings. The van der Waals surface area contributed by atoms with Crippen LogP contribution in [0, 0.1) is 0 Å². The zero-order valence-electron chi connectivity index (χ0n) is 19.7. The van der Waals surface area contributed by atoms with Crippen LogP contribution in [0.25, 0.3) is 0 Å². The second-order valence-electron chi connectivity index (χ2n) is 9.12. The molecule has 10 heteroatoms. The number of piperazine rings is 1. The van der Waals surface area contributed by atoms with E-state index < -0.39 is 11.9 Å². The topological polar surface area (TPSA) is 119 Å². The van der Waals surface area contributed by atoms with Crippen molar-refractivity contribution in [2.45, 2.75) is 25.4 Å². The number of anilines is 1. The molecule has 2 aromatic rings. The number of carbonyl (C=O) groups is 5. The lowest BCUT2D eigenvalue weighted by atomic mass is 10.0. The summed E-state index contributed by atoms with van der Waals surface area (Å²) in [6.07, 6.45) is 0.491. The van der Waals surface area contributed by atoms with Gasteiger partial charge in [0.05, 0.1) is 6.54 Å². The largest absolute Gasteiger partial charge is 0.376 e. The van der Waals surface area contributed by atoms with Crippen LogP contribution in [-0.2, 0) is 20.9 Å². The van der Waals surface area contributed by atoms with Gasteiger partial charge in [0.2, 0.25) is 17.7 Å². The van der Waals surface area contributed by atoms with Crippen LogP contribution >= 0.6 is 0 Å². The molecule has 10 nitrogen and oxygen atoms in total. The molecule has 0 aliphatic carbocycles. The number of piperidine rings is 1. The van der Waals surface area contributed by atoms with Crippen molar-refractivity contribution in [2.24, 2.45) is 0 Å². The standard InChI is InChI=1S/C26H27N5O5/c32-22-10-9-21(24(34)28-22)31-16-19-18(26(31)36)7-4-8-20(19)27-15-23(33)29-11-13-30(14-12-29)25(35)17-5-2-1-3-6-17/h1-8,21,27H,9-16H2,(H,28,32,34). The van der Waals surface area contributed by atoms with Gasteiger partial charge in [0, 0.05) is 61.5 Å². The van der Waals surface area contributed by atoms with E-state index in [9.17, 15) is 24.0 Å². The maximum absolute atomic E-state index is 13.0. The normalized spacial score (nSPS) is 19.7. The number of hydrogen-bond donors (Lipinski definition) is 2. The summed E-state index contributed by atoms with van der Waals surface area (Å²) in [6.45, 7) is 2.13. The van der Waals surface area contributed by atoms with Gasteiger partial charge in [-0.25, -0.2) is 0 Å². The van der Waals surface area contributed by atoms with E-state index in [-0.39, 0.29) is 43.1 Å². The molecule has 0 bridgehead atoms. The molecule has 1 atom stereocenters. The van der Waals surface area contributed by atoms with Crippen molar-refractivity contribution in [1.29, 1.82) is 0 Å². The molecule has 2 saturated heterocycles. The van der Waals surface area contributed by atoms with Crippen molar-refractivity contribution >= 4 is 35.2 Å². The highest BCUT2D eigenvalue weighted by Crippen LogP contribution is 2.32. The van der Waals surface area contributed by atoms with Crippen molar-refractivity contribution in [3.8, 4) is 0 Å². The Bertz CT molecular complexity index is 1220. The average Bonchev–Trinajstić information content (AvgIpc) is 3.24. The number of carbonyl (C=O) groups excluding carboxylic acids is 5. The minimum atomic E-state index is -0.688. The van der Waals surface area contributed by atoms with Crippen molar-refractivity contribution in [2.75, 3.05) is 38.0 Å². The van der Waals surface area contributed by atoms with E-state index in [1.165, 1.54) is 4.90 Å². The Labute approximate surface area is 208 Å². The maximum Gasteiger partial charge on any atom is 0.255 e. The van der Waals surface area contributed by atoms with Gasteiger partial charge in [-0.3, -0.25) is 29.3 Å². The summed E-state index contributed by atoms with van der Waals surface area (Å²) in [5.41, 5.74) is 2.53. The molecule has 0 radical (unpaired) electrons. The Morgan fingerprint density at radius 3 is 2.36 bits per heavy atom. The van der Waals surface area contributed by atoms with Crippen molar-refractivity contribution in [3.05, 3.63) is 65.2 Å². The van der Waals surface area contributed by atoms with Crippen molar-refractivity contribution in [3.63, 3.8) is 0 Å². The number of benzene rings is 2. The van der Waals surface area contributed by atoms with Crippen LogP contribution in [0.15, 0.2) is 48.5 Å². The fourth-order valence-electron chi connectivity index (χ4n) is 4.96.